The van der Waals surface area contributed by atoms with Crippen LogP contribution in [0.4, 0.5) is 0 Å². The fraction of sp³-hybridized carbons (Fsp3) is 0.571. The van der Waals surface area contributed by atoms with Crippen molar-refractivity contribution in [1.82, 2.24) is 0 Å². The molecule has 2 N–H and O–H groups in total. The highest BCUT2D eigenvalue weighted by Crippen LogP contribution is 2.15. The monoisotopic (exact) mass is 221 g/mol. The normalized spacial score (nSPS) is 12.8. The van der Waals surface area contributed by atoms with E-state index in [0.717, 1.165) is 25.2 Å². The van der Waals surface area contributed by atoms with Gasteiger partial charge in [-0.1, -0.05) is 32.9 Å². The summed E-state index contributed by atoms with van der Waals surface area (Å²) in [5.74, 6) is 1.51. The standard InChI is InChI=1S/C14H23NO/c1-4-13(15)8-12-6-5-7-14(9-12)16-10-11(2)3/h5-7,9,11,13H,4,8,10,15H2,1-3H3. The third kappa shape index (κ3) is 4.67. The van der Waals surface area contributed by atoms with Crippen molar-refractivity contribution < 1.29 is 4.74 Å². The summed E-state index contributed by atoms with van der Waals surface area (Å²) in [4.78, 5) is 0. The summed E-state index contributed by atoms with van der Waals surface area (Å²) in [6, 6.07) is 8.49. The molecule has 0 bridgehead atoms. The Kier molecular flexibility index (Phi) is 5.33. The highest BCUT2D eigenvalue weighted by atomic mass is 16.5. The summed E-state index contributed by atoms with van der Waals surface area (Å²) < 4.78 is 5.68. The van der Waals surface area contributed by atoms with Crippen molar-refractivity contribution in [3.8, 4) is 5.75 Å². The predicted octanol–water partition coefficient (Wildman–Crippen LogP) is 3.00. The van der Waals surface area contributed by atoms with E-state index in [4.69, 9.17) is 10.5 Å². The number of benzene rings is 1. The molecule has 0 saturated heterocycles. The Morgan fingerprint density at radius 2 is 2.06 bits per heavy atom. The summed E-state index contributed by atoms with van der Waals surface area (Å²) in [5, 5.41) is 0. The van der Waals surface area contributed by atoms with Crippen LogP contribution in [0.5, 0.6) is 5.75 Å². The predicted molar refractivity (Wildman–Crippen MR) is 68.7 cm³/mol. The Hall–Kier alpha value is -1.02. The quantitative estimate of drug-likeness (QED) is 0.801. The minimum absolute atomic E-state index is 0.250. The van der Waals surface area contributed by atoms with Crippen molar-refractivity contribution in [2.45, 2.75) is 39.7 Å². The van der Waals surface area contributed by atoms with Crippen molar-refractivity contribution in [2.24, 2.45) is 11.7 Å². The first-order valence-electron chi connectivity index (χ1n) is 6.09. The average molecular weight is 221 g/mol. The van der Waals surface area contributed by atoms with Crippen LogP contribution in [0.15, 0.2) is 24.3 Å². The molecule has 0 fully saturated rings. The second-order valence-corrected chi connectivity index (χ2v) is 4.72. The van der Waals surface area contributed by atoms with Crippen LogP contribution < -0.4 is 10.5 Å². The van der Waals surface area contributed by atoms with Crippen LogP contribution in [0.3, 0.4) is 0 Å². The second-order valence-electron chi connectivity index (χ2n) is 4.72. The van der Waals surface area contributed by atoms with Crippen molar-refractivity contribution in [3.63, 3.8) is 0 Å². The summed E-state index contributed by atoms with van der Waals surface area (Å²) in [7, 11) is 0. The fourth-order valence-electron chi connectivity index (χ4n) is 1.47. The molecule has 0 saturated carbocycles. The summed E-state index contributed by atoms with van der Waals surface area (Å²) in [6.07, 6.45) is 1.94. The van der Waals surface area contributed by atoms with Gasteiger partial charge in [0, 0.05) is 6.04 Å². The Morgan fingerprint density at radius 3 is 2.69 bits per heavy atom. The molecule has 0 aliphatic carbocycles. The first kappa shape index (κ1) is 13.0. The van der Waals surface area contributed by atoms with Crippen molar-refractivity contribution in [3.05, 3.63) is 29.8 Å². The summed E-state index contributed by atoms with van der Waals surface area (Å²) in [5.41, 5.74) is 7.20. The Morgan fingerprint density at radius 1 is 1.31 bits per heavy atom. The van der Waals surface area contributed by atoms with Gasteiger partial charge in [0.05, 0.1) is 6.61 Å². The zero-order valence-electron chi connectivity index (χ0n) is 10.6. The lowest BCUT2D eigenvalue weighted by atomic mass is 10.0. The molecular weight excluding hydrogens is 198 g/mol. The van der Waals surface area contributed by atoms with Gasteiger partial charge in [-0.15, -0.1) is 0 Å². The molecule has 1 unspecified atom stereocenters. The maximum Gasteiger partial charge on any atom is 0.119 e. The topological polar surface area (TPSA) is 35.2 Å². The lowest BCUT2D eigenvalue weighted by Gasteiger charge is -2.12. The van der Waals surface area contributed by atoms with Gasteiger partial charge in [-0.25, -0.2) is 0 Å². The first-order chi connectivity index (χ1) is 7.61. The lowest BCUT2D eigenvalue weighted by Crippen LogP contribution is -2.21. The first-order valence-corrected chi connectivity index (χ1v) is 6.09. The van der Waals surface area contributed by atoms with E-state index >= 15 is 0 Å². The minimum Gasteiger partial charge on any atom is -0.493 e. The van der Waals surface area contributed by atoms with Gasteiger partial charge in [-0.2, -0.15) is 0 Å². The number of hydrogen-bond donors (Lipinski definition) is 1. The summed E-state index contributed by atoms with van der Waals surface area (Å²) in [6.45, 7) is 7.18. The number of ether oxygens (including phenoxy) is 1. The van der Waals surface area contributed by atoms with E-state index in [-0.39, 0.29) is 6.04 Å². The molecule has 1 aromatic rings. The fourth-order valence-corrected chi connectivity index (χ4v) is 1.47. The van der Waals surface area contributed by atoms with E-state index in [9.17, 15) is 0 Å². The Balaban J connectivity index is 2.56. The van der Waals surface area contributed by atoms with Crippen LogP contribution in [0.25, 0.3) is 0 Å². The van der Waals surface area contributed by atoms with Crippen LogP contribution in [-0.2, 0) is 6.42 Å². The van der Waals surface area contributed by atoms with Crippen LogP contribution in [-0.4, -0.2) is 12.6 Å². The van der Waals surface area contributed by atoms with Crippen LogP contribution >= 0.6 is 0 Å². The molecule has 0 aliphatic heterocycles. The number of hydrogen-bond acceptors (Lipinski definition) is 2. The molecule has 0 spiro atoms. The molecule has 1 atom stereocenters. The SMILES string of the molecule is CCC(N)Cc1cccc(OCC(C)C)c1. The molecule has 0 heterocycles. The number of nitrogens with two attached hydrogens (primary N) is 1. The van der Waals surface area contributed by atoms with Crippen molar-refractivity contribution in [1.29, 1.82) is 0 Å². The van der Waals surface area contributed by atoms with Crippen molar-refractivity contribution >= 4 is 0 Å². The molecule has 16 heavy (non-hydrogen) atoms. The molecule has 0 aliphatic rings. The van der Waals surface area contributed by atoms with Gasteiger partial charge < -0.3 is 10.5 Å². The summed E-state index contributed by atoms with van der Waals surface area (Å²) >= 11 is 0. The molecule has 2 heteroatoms. The van der Waals surface area contributed by atoms with E-state index in [1.807, 2.05) is 12.1 Å². The molecular formula is C14H23NO. The van der Waals surface area contributed by atoms with E-state index in [0.29, 0.717) is 5.92 Å². The van der Waals surface area contributed by atoms with Gasteiger partial charge >= 0.3 is 0 Å². The average Bonchev–Trinajstić information content (AvgIpc) is 2.26. The molecule has 90 valence electrons. The van der Waals surface area contributed by atoms with Crippen LogP contribution in [0, 0.1) is 5.92 Å². The highest BCUT2D eigenvalue weighted by molar-refractivity contribution is 5.29. The van der Waals surface area contributed by atoms with Crippen molar-refractivity contribution in [2.75, 3.05) is 6.61 Å². The largest absolute Gasteiger partial charge is 0.493 e. The third-order valence-corrected chi connectivity index (χ3v) is 2.50. The Bertz CT molecular complexity index is 309. The minimum atomic E-state index is 0.250. The highest BCUT2D eigenvalue weighted by Gasteiger charge is 2.03. The van der Waals surface area contributed by atoms with Gasteiger partial charge in [0.1, 0.15) is 5.75 Å². The maximum atomic E-state index is 5.94. The molecule has 1 aromatic carbocycles. The van der Waals surface area contributed by atoms with E-state index in [1.54, 1.807) is 0 Å². The smallest absolute Gasteiger partial charge is 0.119 e. The zero-order chi connectivity index (χ0) is 12.0. The molecule has 0 amide bonds. The van der Waals surface area contributed by atoms with Gasteiger partial charge in [-0.05, 0) is 36.5 Å². The number of rotatable bonds is 6. The lowest BCUT2D eigenvalue weighted by molar-refractivity contribution is 0.271. The molecule has 0 radical (unpaired) electrons. The van der Waals surface area contributed by atoms with Gasteiger partial charge in [0.25, 0.3) is 0 Å². The van der Waals surface area contributed by atoms with Gasteiger partial charge in [-0.3, -0.25) is 0 Å². The zero-order valence-corrected chi connectivity index (χ0v) is 10.6. The van der Waals surface area contributed by atoms with Gasteiger partial charge in [0.15, 0.2) is 0 Å². The van der Waals surface area contributed by atoms with E-state index in [2.05, 4.69) is 32.9 Å². The van der Waals surface area contributed by atoms with Gasteiger partial charge in [0.2, 0.25) is 0 Å². The molecule has 2 nitrogen and oxygen atoms in total. The van der Waals surface area contributed by atoms with E-state index < -0.39 is 0 Å². The van der Waals surface area contributed by atoms with Crippen LogP contribution in [0.2, 0.25) is 0 Å². The third-order valence-electron chi connectivity index (χ3n) is 2.50. The maximum absolute atomic E-state index is 5.94. The second kappa shape index (κ2) is 6.54. The van der Waals surface area contributed by atoms with E-state index in [1.165, 1.54) is 5.56 Å². The Labute approximate surface area is 98.8 Å². The van der Waals surface area contributed by atoms with Crippen LogP contribution in [0.1, 0.15) is 32.8 Å². The molecule has 0 aromatic heterocycles. The molecule has 1 rings (SSSR count).